The number of piperidine rings is 1. The zero-order valence-electron chi connectivity index (χ0n) is 17.1. The average Bonchev–Trinajstić information content (AvgIpc) is 3.33. The van der Waals surface area contributed by atoms with E-state index in [0.717, 1.165) is 29.3 Å². The fourth-order valence-corrected chi connectivity index (χ4v) is 3.91. The Hall–Kier alpha value is -3.74. The Morgan fingerprint density at radius 3 is 2.58 bits per heavy atom. The number of carbonyl (C=O) groups is 1. The molecule has 0 unspecified atom stereocenters. The molecular formula is C24H23N5O2. The van der Waals surface area contributed by atoms with Gasteiger partial charge in [-0.15, -0.1) is 0 Å². The second-order valence-electron chi connectivity index (χ2n) is 7.75. The normalized spacial score (nSPS) is 14.6. The maximum atomic E-state index is 12.5. The van der Waals surface area contributed by atoms with Crippen LogP contribution >= 0.6 is 0 Å². The molecule has 1 fully saturated rings. The van der Waals surface area contributed by atoms with Gasteiger partial charge in [-0.2, -0.15) is 4.98 Å². The molecule has 0 bridgehead atoms. The average molecular weight is 413 g/mol. The zero-order valence-corrected chi connectivity index (χ0v) is 17.1. The van der Waals surface area contributed by atoms with Crippen molar-refractivity contribution in [1.29, 1.82) is 0 Å². The molecule has 1 saturated heterocycles. The van der Waals surface area contributed by atoms with Crippen LogP contribution in [0, 0.1) is 0 Å². The number of benzene rings is 2. The molecule has 1 N–H and O–H groups in total. The van der Waals surface area contributed by atoms with E-state index in [-0.39, 0.29) is 11.9 Å². The van der Waals surface area contributed by atoms with Crippen molar-refractivity contribution in [3.8, 4) is 11.5 Å². The van der Waals surface area contributed by atoms with Crippen LogP contribution in [0.4, 0.5) is 4.79 Å². The Kier molecular flexibility index (Phi) is 5.31. The lowest BCUT2D eigenvalue weighted by Gasteiger charge is -2.30. The molecule has 2 amide bonds. The number of para-hydroxylation sites is 1. The molecule has 0 atom stereocenters. The summed E-state index contributed by atoms with van der Waals surface area (Å²) < 4.78 is 5.55. The lowest BCUT2D eigenvalue weighted by atomic mass is 9.97. The van der Waals surface area contributed by atoms with Gasteiger partial charge in [-0.3, -0.25) is 0 Å². The van der Waals surface area contributed by atoms with E-state index in [1.54, 1.807) is 0 Å². The molecule has 31 heavy (non-hydrogen) atoms. The number of fused-ring (bicyclic) bond motifs is 1. The molecule has 156 valence electrons. The van der Waals surface area contributed by atoms with Crippen LogP contribution in [0.1, 0.15) is 30.2 Å². The topological polar surface area (TPSA) is 84.2 Å². The third kappa shape index (κ3) is 4.26. The lowest BCUT2D eigenvalue weighted by molar-refractivity contribution is 0.175. The molecule has 0 spiro atoms. The summed E-state index contributed by atoms with van der Waals surface area (Å²) in [5.41, 5.74) is 2.69. The van der Waals surface area contributed by atoms with E-state index >= 15 is 0 Å². The summed E-state index contributed by atoms with van der Waals surface area (Å²) >= 11 is 0. The van der Waals surface area contributed by atoms with E-state index in [9.17, 15) is 4.79 Å². The smallest absolute Gasteiger partial charge is 0.317 e. The van der Waals surface area contributed by atoms with E-state index in [1.807, 2.05) is 71.6 Å². The summed E-state index contributed by atoms with van der Waals surface area (Å²) in [6.45, 7) is 1.86. The van der Waals surface area contributed by atoms with Gasteiger partial charge in [0.15, 0.2) is 0 Å². The number of urea groups is 1. The van der Waals surface area contributed by atoms with Gasteiger partial charge in [0.1, 0.15) is 5.69 Å². The standard InChI is InChI=1S/C24H23N5O2/c30-24(25-16-17-6-2-1-3-7-17)29-14-12-19(13-15-29)23-27-22(28-31-23)21-11-10-18-8-4-5-9-20(18)26-21/h1-11,19H,12-16H2,(H,25,30). The first kappa shape index (κ1) is 19.2. The lowest BCUT2D eigenvalue weighted by Crippen LogP contribution is -2.43. The van der Waals surface area contributed by atoms with Crippen LogP contribution in [0.15, 0.2) is 71.3 Å². The SMILES string of the molecule is O=C(NCc1ccccc1)N1CCC(c2nc(-c3ccc4ccccc4n3)no2)CC1. The summed E-state index contributed by atoms with van der Waals surface area (Å²) in [5.74, 6) is 1.28. The largest absolute Gasteiger partial charge is 0.339 e. The maximum Gasteiger partial charge on any atom is 0.317 e. The van der Waals surface area contributed by atoms with Crippen LogP contribution in [-0.4, -0.2) is 39.1 Å². The van der Waals surface area contributed by atoms with Crippen LogP contribution in [0.5, 0.6) is 0 Å². The number of rotatable bonds is 4. The third-order valence-corrected chi connectivity index (χ3v) is 5.69. The Labute approximate surface area is 180 Å². The first-order valence-electron chi connectivity index (χ1n) is 10.5. The van der Waals surface area contributed by atoms with Crippen LogP contribution in [0.3, 0.4) is 0 Å². The highest BCUT2D eigenvalue weighted by atomic mass is 16.5. The van der Waals surface area contributed by atoms with E-state index < -0.39 is 0 Å². The van der Waals surface area contributed by atoms with Gasteiger partial charge in [0.2, 0.25) is 11.7 Å². The van der Waals surface area contributed by atoms with Gasteiger partial charge < -0.3 is 14.7 Å². The fourth-order valence-electron chi connectivity index (χ4n) is 3.91. The molecule has 1 aliphatic rings. The highest BCUT2D eigenvalue weighted by molar-refractivity contribution is 5.80. The molecule has 0 saturated carbocycles. The van der Waals surface area contributed by atoms with Gasteiger partial charge in [0, 0.05) is 30.9 Å². The van der Waals surface area contributed by atoms with E-state index in [4.69, 9.17) is 4.52 Å². The number of pyridine rings is 1. The minimum absolute atomic E-state index is 0.0334. The van der Waals surface area contributed by atoms with Gasteiger partial charge >= 0.3 is 6.03 Å². The van der Waals surface area contributed by atoms with Gasteiger partial charge in [-0.05, 0) is 30.5 Å². The molecule has 7 nitrogen and oxygen atoms in total. The summed E-state index contributed by atoms with van der Waals surface area (Å²) in [5, 5.41) is 8.21. The molecular weight excluding hydrogens is 390 g/mol. The number of likely N-dealkylation sites (tertiary alicyclic amines) is 1. The molecule has 4 aromatic rings. The second kappa shape index (κ2) is 8.55. The van der Waals surface area contributed by atoms with Crippen LogP contribution in [-0.2, 0) is 6.54 Å². The summed E-state index contributed by atoms with van der Waals surface area (Å²) in [6, 6.07) is 21.8. The number of amides is 2. The van der Waals surface area contributed by atoms with E-state index in [2.05, 4.69) is 20.4 Å². The second-order valence-corrected chi connectivity index (χ2v) is 7.75. The Bertz CT molecular complexity index is 1180. The third-order valence-electron chi connectivity index (χ3n) is 5.69. The number of carbonyl (C=O) groups excluding carboxylic acids is 1. The van der Waals surface area contributed by atoms with Crippen molar-refractivity contribution in [2.75, 3.05) is 13.1 Å². The fraction of sp³-hybridized carbons (Fsp3) is 0.250. The van der Waals surface area contributed by atoms with Crippen molar-refractivity contribution in [2.45, 2.75) is 25.3 Å². The summed E-state index contributed by atoms with van der Waals surface area (Å²) in [6.07, 6.45) is 1.59. The number of nitrogens with one attached hydrogen (secondary N) is 1. The van der Waals surface area contributed by atoms with Gasteiger partial charge in [0.25, 0.3) is 0 Å². The number of hydrogen-bond donors (Lipinski definition) is 1. The molecule has 3 heterocycles. The van der Waals surface area contributed by atoms with Crippen molar-refractivity contribution in [3.63, 3.8) is 0 Å². The Morgan fingerprint density at radius 2 is 1.74 bits per heavy atom. The molecule has 0 aliphatic carbocycles. The predicted octanol–water partition coefficient (Wildman–Crippen LogP) is 4.37. The number of nitrogens with zero attached hydrogens (tertiary/aromatic N) is 4. The zero-order chi connectivity index (χ0) is 21.0. The van der Waals surface area contributed by atoms with Gasteiger partial charge in [-0.1, -0.05) is 59.8 Å². The Morgan fingerprint density at radius 1 is 0.968 bits per heavy atom. The number of hydrogen-bond acceptors (Lipinski definition) is 5. The van der Waals surface area contributed by atoms with Crippen molar-refractivity contribution < 1.29 is 9.32 Å². The van der Waals surface area contributed by atoms with Gasteiger partial charge in [-0.25, -0.2) is 9.78 Å². The van der Waals surface area contributed by atoms with Crippen LogP contribution < -0.4 is 5.32 Å². The van der Waals surface area contributed by atoms with Crippen molar-refractivity contribution in [3.05, 3.63) is 78.2 Å². The molecule has 1 aliphatic heterocycles. The van der Waals surface area contributed by atoms with Crippen LogP contribution in [0.2, 0.25) is 0 Å². The molecule has 5 rings (SSSR count). The summed E-state index contributed by atoms with van der Waals surface area (Å²) in [4.78, 5) is 23.6. The quantitative estimate of drug-likeness (QED) is 0.537. The van der Waals surface area contributed by atoms with E-state index in [0.29, 0.717) is 37.0 Å². The molecule has 7 heteroatoms. The molecule has 2 aromatic heterocycles. The monoisotopic (exact) mass is 413 g/mol. The van der Waals surface area contributed by atoms with Crippen molar-refractivity contribution in [2.24, 2.45) is 0 Å². The van der Waals surface area contributed by atoms with E-state index in [1.165, 1.54) is 0 Å². The molecule has 0 radical (unpaired) electrons. The van der Waals surface area contributed by atoms with Gasteiger partial charge in [0.05, 0.1) is 5.52 Å². The summed E-state index contributed by atoms with van der Waals surface area (Å²) in [7, 11) is 0. The first-order valence-corrected chi connectivity index (χ1v) is 10.5. The minimum Gasteiger partial charge on any atom is -0.339 e. The van der Waals surface area contributed by atoms with Crippen molar-refractivity contribution >= 4 is 16.9 Å². The Balaban J connectivity index is 1.19. The predicted molar refractivity (Wildman–Crippen MR) is 117 cm³/mol. The highest BCUT2D eigenvalue weighted by Crippen LogP contribution is 2.28. The first-order chi connectivity index (χ1) is 15.3. The minimum atomic E-state index is -0.0334. The molecule has 2 aromatic carbocycles. The van der Waals surface area contributed by atoms with Crippen LogP contribution in [0.25, 0.3) is 22.4 Å². The number of aromatic nitrogens is 3. The maximum absolute atomic E-state index is 12.5. The van der Waals surface area contributed by atoms with Crippen molar-refractivity contribution in [1.82, 2.24) is 25.3 Å². The highest BCUT2D eigenvalue weighted by Gasteiger charge is 2.27.